The average Bonchev–Trinajstić information content (AvgIpc) is 2.24. The second-order valence-corrected chi connectivity index (χ2v) is 4.02. The Bertz CT molecular complexity index is 342. The van der Waals surface area contributed by atoms with Crippen LogP contribution in [0.2, 0.25) is 5.02 Å². The third kappa shape index (κ3) is 5.14. The summed E-state index contributed by atoms with van der Waals surface area (Å²) in [5.74, 6) is -0.0137. The smallest absolute Gasteiger partial charge is 0.224 e. The molecule has 1 amide bonds. The number of hydrogen-bond donors (Lipinski definition) is 2. The van der Waals surface area contributed by atoms with Gasteiger partial charge in [0.15, 0.2) is 0 Å². The summed E-state index contributed by atoms with van der Waals surface area (Å²) < 4.78 is 0. The molecule has 16 heavy (non-hydrogen) atoms. The molecule has 1 aromatic carbocycles. The average molecular weight is 242 g/mol. The molecule has 0 bridgehead atoms. The summed E-state index contributed by atoms with van der Waals surface area (Å²) >= 11 is 5.81. The van der Waals surface area contributed by atoms with Gasteiger partial charge >= 0.3 is 0 Å². The van der Waals surface area contributed by atoms with Gasteiger partial charge in [-0.3, -0.25) is 4.79 Å². The molecule has 0 saturated carbocycles. The Morgan fingerprint density at radius 3 is 2.88 bits per heavy atom. The number of benzene rings is 1. The molecule has 1 rings (SSSR count). The fraction of sp³-hybridized carbons (Fsp3) is 0.417. The van der Waals surface area contributed by atoms with Crippen LogP contribution in [-0.4, -0.2) is 24.2 Å². The molecule has 0 heterocycles. The van der Waals surface area contributed by atoms with Gasteiger partial charge in [-0.1, -0.05) is 23.7 Å². The first kappa shape index (κ1) is 13.0. The van der Waals surface area contributed by atoms with Crippen molar-refractivity contribution in [2.24, 2.45) is 0 Å². The number of halogens is 1. The van der Waals surface area contributed by atoms with Gasteiger partial charge in [-0.2, -0.15) is 0 Å². The number of hydrogen-bond acceptors (Lipinski definition) is 2. The summed E-state index contributed by atoms with van der Waals surface area (Å²) in [5, 5.41) is 12.0. The normalized spacial score (nSPS) is 10.1. The lowest BCUT2D eigenvalue weighted by Crippen LogP contribution is -2.26. The van der Waals surface area contributed by atoms with Crippen molar-refractivity contribution in [2.45, 2.75) is 19.3 Å². The highest BCUT2D eigenvalue weighted by molar-refractivity contribution is 6.30. The summed E-state index contributed by atoms with van der Waals surface area (Å²) in [6.07, 6.45) is 1.87. The highest BCUT2D eigenvalue weighted by Gasteiger charge is 2.02. The fourth-order valence-electron chi connectivity index (χ4n) is 1.36. The Morgan fingerprint density at radius 2 is 2.19 bits per heavy atom. The third-order valence-corrected chi connectivity index (χ3v) is 2.40. The molecule has 4 heteroatoms. The van der Waals surface area contributed by atoms with Gasteiger partial charge in [0.1, 0.15) is 0 Å². The van der Waals surface area contributed by atoms with Crippen LogP contribution in [0.3, 0.4) is 0 Å². The zero-order valence-electron chi connectivity index (χ0n) is 9.08. The zero-order valence-corrected chi connectivity index (χ0v) is 9.83. The molecule has 0 aliphatic carbocycles. The maximum atomic E-state index is 11.5. The predicted molar refractivity (Wildman–Crippen MR) is 64.5 cm³/mol. The highest BCUT2D eigenvalue weighted by atomic mass is 35.5. The van der Waals surface area contributed by atoms with Crippen LogP contribution in [0.1, 0.15) is 18.4 Å². The molecule has 0 aromatic heterocycles. The van der Waals surface area contributed by atoms with Crippen LogP contribution in [0, 0.1) is 0 Å². The van der Waals surface area contributed by atoms with Gasteiger partial charge in [-0.25, -0.2) is 0 Å². The Labute approximate surface area is 100 Å². The van der Waals surface area contributed by atoms with Crippen molar-refractivity contribution in [3.63, 3.8) is 0 Å². The molecule has 0 unspecified atom stereocenters. The van der Waals surface area contributed by atoms with E-state index in [1.807, 2.05) is 12.1 Å². The lowest BCUT2D eigenvalue weighted by Gasteiger charge is -2.04. The SMILES string of the molecule is O=C(Cc1cccc(Cl)c1)NCCCCO. The van der Waals surface area contributed by atoms with Crippen LogP contribution in [0.5, 0.6) is 0 Å². The van der Waals surface area contributed by atoms with Gasteiger partial charge in [-0.15, -0.1) is 0 Å². The van der Waals surface area contributed by atoms with Gasteiger partial charge < -0.3 is 10.4 Å². The number of aliphatic hydroxyl groups excluding tert-OH is 1. The minimum absolute atomic E-state index is 0.0137. The highest BCUT2D eigenvalue weighted by Crippen LogP contribution is 2.10. The van der Waals surface area contributed by atoms with Crippen LogP contribution in [0.15, 0.2) is 24.3 Å². The lowest BCUT2D eigenvalue weighted by atomic mass is 10.1. The lowest BCUT2D eigenvalue weighted by molar-refractivity contribution is -0.120. The van der Waals surface area contributed by atoms with E-state index < -0.39 is 0 Å². The second kappa shape index (κ2) is 7.25. The number of amides is 1. The molecule has 1 aromatic rings. The minimum atomic E-state index is -0.0137. The molecule has 0 spiro atoms. The standard InChI is InChI=1S/C12H16ClNO2/c13-11-5-3-4-10(8-11)9-12(16)14-6-1-2-7-15/h3-5,8,15H,1-2,6-7,9H2,(H,14,16). The fourth-order valence-corrected chi connectivity index (χ4v) is 1.57. The molecule has 0 fully saturated rings. The number of carbonyl (C=O) groups is 1. The first-order valence-corrected chi connectivity index (χ1v) is 5.72. The van der Waals surface area contributed by atoms with E-state index in [0.717, 1.165) is 18.4 Å². The Morgan fingerprint density at radius 1 is 1.38 bits per heavy atom. The monoisotopic (exact) mass is 241 g/mol. The van der Waals surface area contributed by atoms with Gasteiger partial charge in [0, 0.05) is 18.2 Å². The van der Waals surface area contributed by atoms with Crippen LogP contribution in [0.25, 0.3) is 0 Å². The molecule has 0 radical (unpaired) electrons. The molecule has 88 valence electrons. The molecule has 0 atom stereocenters. The second-order valence-electron chi connectivity index (χ2n) is 3.59. The molecular formula is C12H16ClNO2. The molecule has 3 nitrogen and oxygen atoms in total. The summed E-state index contributed by atoms with van der Waals surface area (Å²) in [6.45, 7) is 0.782. The van der Waals surface area contributed by atoms with Crippen molar-refractivity contribution in [1.82, 2.24) is 5.32 Å². The van der Waals surface area contributed by atoms with Crippen molar-refractivity contribution in [2.75, 3.05) is 13.2 Å². The van der Waals surface area contributed by atoms with Crippen molar-refractivity contribution >= 4 is 17.5 Å². The Balaban J connectivity index is 2.29. The largest absolute Gasteiger partial charge is 0.396 e. The summed E-state index contributed by atoms with van der Waals surface area (Å²) in [7, 11) is 0. The van der Waals surface area contributed by atoms with Gasteiger partial charge in [0.25, 0.3) is 0 Å². The molecule has 0 aliphatic rings. The van der Waals surface area contributed by atoms with Crippen LogP contribution >= 0.6 is 11.6 Å². The number of rotatable bonds is 6. The number of aliphatic hydroxyl groups is 1. The first-order chi connectivity index (χ1) is 7.72. The summed E-state index contributed by atoms with van der Waals surface area (Å²) in [4.78, 5) is 11.5. The number of carbonyl (C=O) groups excluding carboxylic acids is 1. The molecular weight excluding hydrogens is 226 g/mol. The van der Waals surface area contributed by atoms with Gasteiger partial charge in [0.05, 0.1) is 6.42 Å². The van der Waals surface area contributed by atoms with Gasteiger partial charge in [-0.05, 0) is 30.5 Å². The molecule has 2 N–H and O–H groups in total. The third-order valence-electron chi connectivity index (χ3n) is 2.16. The van der Waals surface area contributed by atoms with E-state index in [-0.39, 0.29) is 12.5 Å². The molecule has 0 aliphatic heterocycles. The maximum absolute atomic E-state index is 11.5. The Kier molecular flexibility index (Phi) is 5.90. The molecule has 0 saturated heterocycles. The van der Waals surface area contributed by atoms with E-state index in [1.54, 1.807) is 12.1 Å². The zero-order chi connectivity index (χ0) is 11.8. The van der Waals surface area contributed by atoms with E-state index >= 15 is 0 Å². The van der Waals surface area contributed by atoms with Crippen LogP contribution < -0.4 is 5.32 Å². The maximum Gasteiger partial charge on any atom is 0.224 e. The van der Waals surface area contributed by atoms with Crippen molar-refractivity contribution in [3.8, 4) is 0 Å². The van der Waals surface area contributed by atoms with Crippen molar-refractivity contribution in [3.05, 3.63) is 34.9 Å². The van der Waals surface area contributed by atoms with E-state index in [0.29, 0.717) is 18.0 Å². The van der Waals surface area contributed by atoms with Crippen LogP contribution in [-0.2, 0) is 11.2 Å². The topological polar surface area (TPSA) is 49.3 Å². The van der Waals surface area contributed by atoms with Crippen molar-refractivity contribution in [1.29, 1.82) is 0 Å². The van der Waals surface area contributed by atoms with Gasteiger partial charge in [0.2, 0.25) is 5.91 Å². The van der Waals surface area contributed by atoms with E-state index in [2.05, 4.69) is 5.32 Å². The number of nitrogens with one attached hydrogen (secondary N) is 1. The van der Waals surface area contributed by atoms with E-state index in [4.69, 9.17) is 16.7 Å². The van der Waals surface area contributed by atoms with Crippen molar-refractivity contribution < 1.29 is 9.90 Å². The van der Waals surface area contributed by atoms with E-state index in [9.17, 15) is 4.79 Å². The Hall–Kier alpha value is -1.06. The minimum Gasteiger partial charge on any atom is -0.396 e. The summed E-state index contributed by atoms with van der Waals surface area (Å²) in [6, 6.07) is 7.27. The summed E-state index contributed by atoms with van der Waals surface area (Å²) in [5.41, 5.74) is 0.909. The first-order valence-electron chi connectivity index (χ1n) is 5.34. The quantitative estimate of drug-likeness (QED) is 0.746. The van der Waals surface area contributed by atoms with E-state index in [1.165, 1.54) is 0 Å². The number of unbranched alkanes of at least 4 members (excludes halogenated alkanes) is 1. The predicted octanol–water partition coefficient (Wildman–Crippen LogP) is 1.77. The van der Waals surface area contributed by atoms with Crippen LogP contribution in [0.4, 0.5) is 0 Å².